The zero-order valence-corrected chi connectivity index (χ0v) is 7.19. The maximum absolute atomic E-state index is 11.4. The largest absolute Gasteiger partial charge is 0.319 e. The maximum Gasteiger partial charge on any atom is 0.107 e. The Balaban J connectivity index is 2.92. The van der Waals surface area contributed by atoms with Gasteiger partial charge in [0.2, 0.25) is 0 Å². The van der Waals surface area contributed by atoms with Crippen LogP contribution in [0.4, 0.5) is 0 Å². The standard InChI is InChI=1S/C8H11OP/c1-4-8(2)5-6-10(3,9)7-8/h1,5-6H,7H2,2-3H3. The number of rotatable bonds is 0. The summed E-state index contributed by atoms with van der Waals surface area (Å²) in [7, 11) is -2.00. The lowest BCUT2D eigenvalue weighted by molar-refractivity contribution is 0.574. The van der Waals surface area contributed by atoms with Crippen LogP contribution in [0.5, 0.6) is 0 Å². The molecule has 1 nitrogen and oxygen atoms in total. The van der Waals surface area contributed by atoms with Crippen LogP contribution in [0.15, 0.2) is 11.9 Å². The van der Waals surface area contributed by atoms with Gasteiger partial charge in [-0.3, -0.25) is 0 Å². The zero-order chi connectivity index (χ0) is 7.83. The molecular formula is C8H11OP. The third kappa shape index (κ3) is 1.33. The van der Waals surface area contributed by atoms with Gasteiger partial charge in [0.05, 0.1) is 5.41 Å². The minimum absolute atomic E-state index is 0.246. The van der Waals surface area contributed by atoms with Gasteiger partial charge in [0, 0.05) is 6.16 Å². The van der Waals surface area contributed by atoms with Gasteiger partial charge in [0.25, 0.3) is 0 Å². The lowest BCUT2D eigenvalue weighted by atomic mass is 9.96. The van der Waals surface area contributed by atoms with Crippen LogP contribution in [-0.2, 0) is 4.57 Å². The van der Waals surface area contributed by atoms with Crippen molar-refractivity contribution in [3.05, 3.63) is 11.9 Å². The van der Waals surface area contributed by atoms with E-state index < -0.39 is 7.14 Å². The van der Waals surface area contributed by atoms with E-state index in [4.69, 9.17) is 6.42 Å². The normalized spacial score (nSPS) is 45.3. The van der Waals surface area contributed by atoms with Crippen LogP contribution < -0.4 is 0 Å². The first-order valence-corrected chi connectivity index (χ1v) is 5.63. The molecule has 0 aromatic carbocycles. The fourth-order valence-corrected chi connectivity index (χ4v) is 3.42. The first-order chi connectivity index (χ1) is 4.47. The SMILES string of the molecule is C#CC1(C)C=CP(C)(=O)C1. The van der Waals surface area contributed by atoms with Crippen LogP contribution in [-0.4, -0.2) is 12.8 Å². The Labute approximate surface area is 61.9 Å². The van der Waals surface area contributed by atoms with Gasteiger partial charge in [-0.15, -0.1) is 6.42 Å². The van der Waals surface area contributed by atoms with Gasteiger partial charge in [0.1, 0.15) is 7.14 Å². The monoisotopic (exact) mass is 154 g/mol. The van der Waals surface area contributed by atoms with Crippen molar-refractivity contribution in [1.82, 2.24) is 0 Å². The lowest BCUT2D eigenvalue weighted by Crippen LogP contribution is -2.10. The van der Waals surface area contributed by atoms with Crippen molar-refractivity contribution in [3.63, 3.8) is 0 Å². The van der Waals surface area contributed by atoms with E-state index in [2.05, 4.69) is 5.92 Å². The van der Waals surface area contributed by atoms with E-state index in [1.807, 2.05) is 13.0 Å². The average Bonchev–Trinajstić information content (AvgIpc) is 2.08. The van der Waals surface area contributed by atoms with E-state index in [-0.39, 0.29) is 5.41 Å². The summed E-state index contributed by atoms with van der Waals surface area (Å²) in [5.41, 5.74) is -0.246. The predicted octanol–water partition coefficient (Wildman–Crippen LogP) is 2.15. The molecule has 0 bridgehead atoms. The highest BCUT2D eigenvalue weighted by molar-refractivity contribution is 7.66. The molecule has 1 rings (SSSR count). The molecule has 1 heterocycles. The van der Waals surface area contributed by atoms with Gasteiger partial charge in [-0.25, -0.2) is 0 Å². The summed E-state index contributed by atoms with van der Waals surface area (Å²) in [6, 6.07) is 0. The van der Waals surface area contributed by atoms with Gasteiger partial charge >= 0.3 is 0 Å². The van der Waals surface area contributed by atoms with Crippen LogP contribution in [0.3, 0.4) is 0 Å². The van der Waals surface area contributed by atoms with Gasteiger partial charge in [-0.1, -0.05) is 12.0 Å². The molecule has 0 aromatic heterocycles. The minimum Gasteiger partial charge on any atom is -0.319 e. The van der Waals surface area contributed by atoms with Crippen molar-refractivity contribution in [2.24, 2.45) is 5.41 Å². The molecule has 2 atom stereocenters. The smallest absolute Gasteiger partial charge is 0.107 e. The second-order valence-corrected chi connectivity index (χ2v) is 6.17. The van der Waals surface area contributed by atoms with Crippen molar-refractivity contribution >= 4 is 7.14 Å². The highest BCUT2D eigenvalue weighted by atomic mass is 31.2. The molecule has 0 N–H and O–H groups in total. The predicted molar refractivity (Wildman–Crippen MR) is 44.5 cm³/mol. The Hall–Kier alpha value is -0.470. The zero-order valence-electron chi connectivity index (χ0n) is 6.29. The fourth-order valence-electron chi connectivity index (χ4n) is 1.17. The van der Waals surface area contributed by atoms with Gasteiger partial charge in [-0.05, 0) is 19.4 Å². The molecule has 1 aliphatic heterocycles. The second kappa shape index (κ2) is 2.01. The van der Waals surface area contributed by atoms with Crippen LogP contribution in [0.25, 0.3) is 0 Å². The van der Waals surface area contributed by atoms with Crippen molar-refractivity contribution in [3.8, 4) is 12.3 Å². The molecule has 0 saturated carbocycles. The molecule has 0 saturated heterocycles. The topological polar surface area (TPSA) is 17.1 Å². The Morgan fingerprint density at radius 3 is 2.60 bits per heavy atom. The Morgan fingerprint density at radius 2 is 2.40 bits per heavy atom. The quantitative estimate of drug-likeness (QED) is 0.386. The summed E-state index contributed by atoms with van der Waals surface area (Å²) in [6.45, 7) is 3.71. The number of terminal acetylenes is 1. The number of hydrogen-bond acceptors (Lipinski definition) is 1. The van der Waals surface area contributed by atoms with Gasteiger partial charge < -0.3 is 4.57 Å². The van der Waals surface area contributed by atoms with E-state index >= 15 is 0 Å². The number of hydrogen-bond donors (Lipinski definition) is 0. The van der Waals surface area contributed by atoms with Crippen LogP contribution >= 0.6 is 7.14 Å². The molecule has 0 amide bonds. The molecule has 10 heavy (non-hydrogen) atoms. The van der Waals surface area contributed by atoms with Crippen molar-refractivity contribution in [2.75, 3.05) is 12.8 Å². The summed E-state index contributed by atoms with van der Waals surface area (Å²) >= 11 is 0. The fraction of sp³-hybridized carbons (Fsp3) is 0.500. The van der Waals surface area contributed by atoms with Crippen LogP contribution in [0.1, 0.15) is 6.92 Å². The van der Waals surface area contributed by atoms with Crippen molar-refractivity contribution in [2.45, 2.75) is 6.92 Å². The summed E-state index contributed by atoms with van der Waals surface area (Å²) < 4.78 is 11.4. The number of allylic oxidation sites excluding steroid dienone is 1. The average molecular weight is 154 g/mol. The van der Waals surface area contributed by atoms with Gasteiger partial charge in [-0.2, -0.15) is 0 Å². The molecule has 54 valence electrons. The van der Waals surface area contributed by atoms with Crippen LogP contribution in [0, 0.1) is 17.8 Å². The lowest BCUT2D eigenvalue weighted by Gasteiger charge is -2.13. The molecule has 0 spiro atoms. The first kappa shape index (κ1) is 7.63. The molecule has 0 aromatic rings. The molecule has 1 aliphatic rings. The summed E-state index contributed by atoms with van der Waals surface area (Å²) in [4.78, 5) is 0. The second-order valence-electron chi connectivity index (χ2n) is 3.21. The Kier molecular flexibility index (Phi) is 1.53. The molecule has 2 heteroatoms. The molecule has 0 radical (unpaired) electrons. The van der Waals surface area contributed by atoms with E-state index in [1.54, 1.807) is 12.5 Å². The highest BCUT2D eigenvalue weighted by Gasteiger charge is 2.32. The Morgan fingerprint density at radius 1 is 1.80 bits per heavy atom. The third-order valence-corrected chi connectivity index (χ3v) is 3.79. The molecule has 2 unspecified atom stereocenters. The maximum atomic E-state index is 11.4. The minimum atomic E-state index is -2.00. The molecule has 0 aliphatic carbocycles. The van der Waals surface area contributed by atoms with E-state index in [0.717, 1.165) is 0 Å². The molecular weight excluding hydrogens is 143 g/mol. The Bertz CT molecular complexity index is 259. The first-order valence-electron chi connectivity index (χ1n) is 3.22. The molecule has 0 fully saturated rings. The summed E-state index contributed by atoms with van der Waals surface area (Å²) in [6.07, 6.45) is 7.78. The summed E-state index contributed by atoms with van der Waals surface area (Å²) in [5.74, 6) is 4.41. The van der Waals surface area contributed by atoms with Crippen molar-refractivity contribution in [1.29, 1.82) is 0 Å². The van der Waals surface area contributed by atoms with E-state index in [9.17, 15) is 4.57 Å². The van der Waals surface area contributed by atoms with Crippen molar-refractivity contribution < 1.29 is 4.57 Å². The third-order valence-electron chi connectivity index (χ3n) is 1.73. The van der Waals surface area contributed by atoms with E-state index in [1.165, 1.54) is 0 Å². The van der Waals surface area contributed by atoms with Gasteiger partial charge in [0.15, 0.2) is 0 Å². The van der Waals surface area contributed by atoms with E-state index in [0.29, 0.717) is 6.16 Å². The summed E-state index contributed by atoms with van der Waals surface area (Å²) in [5, 5.41) is 0. The highest BCUT2D eigenvalue weighted by Crippen LogP contribution is 2.54. The van der Waals surface area contributed by atoms with Crippen LogP contribution in [0.2, 0.25) is 0 Å².